The van der Waals surface area contributed by atoms with Gasteiger partial charge in [-0.1, -0.05) is 47.5 Å². The normalized spacial score (nSPS) is 14.4. The lowest BCUT2D eigenvalue weighted by atomic mass is 10.00. The lowest BCUT2D eigenvalue weighted by molar-refractivity contribution is -0.122. The zero-order chi connectivity index (χ0) is 57.5. The largest absolute Gasteiger partial charge is 0.497 e. The van der Waals surface area contributed by atoms with Gasteiger partial charge in [0, 0.05) is 45.4 Å². The second-order valence-electron chi connectivity index (χ2n) is 18.7. The fourth-order valence-corrected chi connectivity index (χ4v) is 9.27. The van der Waals surface area contributed by atoms with Crippen molar-refractivity contribution in [2.24, 2.45) is 9.98 Å². The van der Waals surface area contributed by atoms with Gasteiger partial charge in [-0.3, -0.25) is 28.7 Å². The van der Waals surface area contributed by atoms with Gasteiger partial charge in [0.15, 0.2) is 11.6 Å². The van der Waals surface area contributed by atoms with Crippen LogP contribution in [0.25, 0.3) is 11.4 Å². The second kappa shape index (κ2) is 32.2. The first-order chi connectivity index (χ1) is 40.1. The van der Waals surface area contributed by atoms with Crippen LogP contribution in [0.15, 0.2) is 94.9 Å². The molecule has 438 valence electrons. The van der Waals surface area contributed by atoms with Crippen LogP contribution in [0.5, 0.6) is 11.5 Å². The monoisotopic (exact) mass is 1170 g/mol. The van der Waals surface area contributed by atoms with Crippen LogP contribution in [0.3, 0.4) is 0 Å². The molecule has 4 aromatic carbocycles. The summed E-state index contributed by atoms with van der Waals surface area (Å²) in [6, 6.07) is 25.2. The molecule has 2 aliphatic rings. The Morgan fingerprint density at radius 3 is 1.09 bits per heavy atom. The minimum atomic E-state index is -0.607. The smallest absolute Gasteiger partial charge is 0.222 e. The Labute approximate surface area is 486 Å². The number of fused-ring (bicyclic) bond motifs is 6. The van der Waals surface area contributed by atoms with Crippen LogP contribution in [-0.2, 0) is 47.5 Å². The average molecular weight is 1170 g/mol. The molecule has 0 radical (unpaired) electrons. The van der Waals surface area contributed by atoms with Gasteiger partial charge in [0.25, 0.3) is 0 Å². The van der Waals surface area contributed by atoms with Crippen molar-refractivity contribution in [1.29, 1.82) is 0 Å². The van der Waals surface area contributed by atoms with E-state index in [1.54, 1.807) is 14.2 Å². The number of aliphatic imine (C=N–C) groups is 2. The molecule has 2 atom stereocenters. The van der Waals surface area contributed by atoms with Crippen LogP contribution in [0.2, 0.25) is 10.0 Å². The maximum absolute atomic E-state index is 13.2. The number of hydrogen-bond donors (Lipinski definition) is 2. The van der Waals surface area contributed by atoms with Crippen molar-refractivity contribution in [2.75, 3.05) is 133 Å². The third kappa shape index (κ3) is 17.4. The maximum Gasteiger partial charge on any atom is 0.222 e. The predicted octanol–water partition coefficient (Wildman–Crippen LogP) is 6.42. The van der Waals surface area contributed by atoms with E-state index in [0.29, 0.717) is 175 Å². The molecule has 24 heteroatoms. The zero-order valence-corrected chi connectivity index (χ0v) is 48.1. The van der Waals surface area contributed by atoms with Crippen molar-refractivity contribution in [3.05, 3.63) is 141 Å². The highest BCUT2D eigenvalue weighted by Gasteiger charge is 2.32. The summed E-state index contributed by atoms with van der Waals surface area (Å²) in [6.07, 6.45) is 0.114. The van der Waals surface area contributed by atoms with E-state index < -0.39 is 12.1 Å². The highest BCUT2D eigenvalue weighted by Crippen LogP contribution is 2.36. The molecule has 0 unspecified atom stereocenters. The van der Waals surface area contributed by atoms with Crippen LogP contribution in [0, 0.1) is 13.8 Å². The number of nitrogens with one attached hydrogen (secondary N) is 2. The van der Waals surface area contributed by atoms with Gasteiger partial charge in [-0.2, -0.15) is 0 Å². The van der Waals surface area contributed by atoms with Gasteiger partial charge in [-0.15, -0.1) is 20.4 Å². The van der Waals surface area contributed by atoms with Crippen LogP contribution < -0.4 is 20.1 Å². The van der Waals surface area contributed by atoms with E-state index in [2.05, 4.69) is 31.0 Å². The average Bonchev–Trinajstić information content (AvgIpc) is 4.24. The fourth-order valence-electron chi connectivity index (χ4n) is 9.02. The van der Waals surface area contributed by atoms with E-state index >= 15 is 0 Å². The second-order valence-corrected chi connectivity index (χ2v) is 19.5. The molecule has 0 saturated heterocycles. The summed E-state index contributed by atoms with van der Waals surface area (Å²) in [7, 11) is 3.23. The quantitative estimate of drug-likeness (QED) is 0.0409. The molecule has 0 saturated carbocycles. The van der Waals surface area contributed by atoms with Crippen LogP contribution in [-0.4, -0.2) is 186 Å². The molecule has 0 aliphatic carbocycles. The third-order valence-corrected chi connectivity index (χ3v) is 13.5. The Balaban J connectivity index is 0.585. The third-order valence-electron chi connectivity index (χ3n) is 13.0. The highest BCUT2D eigenvalue weighted by atomic mass is 35.5. The molecule has 6 aromatic rings. The lowest BCUT2D eigenvalue weighted by Crippen LogP contribution is -2.29. The molecule has 0 fully saturated rings. The molecule has 82 heavy (non-hydrogen) atoms. The fraction of sp³-hybridized carbons (Fsp3) is 0.448. The van der Waals surface area contributed by atoms with Crippen molar-refractivity contribution in [3.8, 4) is 22.9 Å². The highest BCUT2D eigenvalue weighted by molar-refractivity contribution is 6.31. The van der Waals surface area contributed by atoms with Crippen molar-refractivity contribution in [2.45, 2.75) is 38.8 Å². The van der Waals surface area contributed by atoms with E-state index in [9.17, 15) is 9.59 Å². The molecule has 2 aliphatic heterocycles. The SMILES string of the molecule is COc1ccc2c(c1)C(c1ccc(Cl)cc1)=N[C@@H](CC(=O)NCCOCCOCCOCCOCCOCCOCCOCCOCCNC(=O)C[C@@H]1N=C(c3ccc(Cl)cc3)c3cc(OC)ccc3-n3c(C)nnc31)c1nnc(C)n1-2. The summed E-state index contributed by atoms with van der Waals surface area (Å²) in [5, 5.41) is 24.7. The molecule has 8 rings (SSSR count). The molecule has 4 heterocycles. The summed E-state index contributed by atoms with van der Waals surface area (Å²) < 4.78 is 59.9. The number of benzene rings is 4. The zero-order valence-electron chi connectivity index (χ0n) is 46.6. The molecule has 0 spiro atoms. The number of aromatic nitrogens is 6. The summed E-state index contributed by atoms with van der Waals surface area (Å²) >= 11 is 12.4. The Bertz CT molecular complexity index is 2860. The Hall–Kier alpha value is -6.70. The van der Waals surface area contributed by atoms with Gasteiger partial charge in [-0.25, -0.2) is 0 Å². The van der Waals surface area contributed by atoms with Gasteiger partial charge in [0.05, 0.1) is 156 Å². The number of ether oxygens (including phenoxy) is 10. The number of carbonyl (C=O) groups excluding carboxylic acids is 2. The van der Waals surface area contributed by atoms with Crippen LogP contribution >= 0.6 is 23.2 Å². The van der Waals surface area contributed by atoms with E-state index in [4.69, 9.17) is 80.6 Å². The van der Waals surface area contributed by atoms with Gasteiger partial charge in [0.2, 0.25) is 11.8 Å². The molecule has 2 N–H and O–H groups in total. The minimum absolute atomic E-state index is 0.0571. The Kier molecular flexibility index (Phi) is 24.1. The van der Waals surface area contributed by atoms with E-state index in [0.717, 1.165) is 33.6 Å². The summed E-state index contributed by atoms with van der Waals surface area (Å²) in [4.78, 5) is 36.7. The van der Waals surface area contributed by atoms with Gasteiger partial charge < -0.3 is 58.0 Å². The summed E-state index contributed by atoms with van der Waals surface area (Å²) in [5.74, 6) is 3.45. The minimum Gasteiger partial charge on any atom is -0.497 e. The van der Waals surface area contributed by atoms with Crippen molar-refractivity contribution >= 4 is 46.4 Å². The summed E-state index contributed by atoms with van der Waals surface area (Å²) in [5.41, 5.74) is 6.40. The number of amides is 2. The van der Waals surface area contributed by atoms with Gasteiger partial charge >= 0.3 is 0 Å². The lowest BCUT2D eigenvalue weighted by Gasteiger charge is -2.14. The van der Waals surface area contributed by atoms with Crippen molar-refractivity contribution in [1.82, 2.24) is 40.2 Å². The van der Waals surface area contributed by atoms with Crippen molar-refractivity contribution in [3.63, 3.8) is 0 Å². The first-order valence-corrected chi connectivity index (χ1v) is 27.9. The first-order valence-electron chi connectivity index (χ1n) is 27.2. The Morgan fingerprint density at radius 2 is 0.768 bits per heavy atom. The molecular weight excluding hydrogens is 1100 g/mol. The number of halogens is 2. The van der Waals surface area contributed by atoms with Crippen LogP contribution in [0.1, 0.15) is 70.5 Å². The standard InChI is InChI=1S/C58H70Cl2N10O12/c1-39-65-67-57-49(63-55(41-5-9-43(59)10-6-41)47-35-45(73-3)13-15-51(47)69(39)57)37-53(71)61-17-19-75-21-23-77-25-27-79-29-31-81-33-34-82-32-30-80-28-26-78-24-22-76-20-18-62-54(72)38-50-58-68-66-40(2)70(58)52-16-14-46(74-4)36-48(52)56(64-50)42-7-11-44(60)12-8-42/h5-16,35-36,49-50H,17-34,37-38H2,1-4H3,(H,61,71)(H,62,72)/t49-,50-/m0/s1. The number of nitrogens with zero attached hydrogens (tertiary/aromatic N) is 8. The molecule has 2 aromatic heterocycles. The number of hydrogen-bond acceptors (Lipinski definition) is 18. The van der Waals surface area contributed by atoms with Gasteiger partial charge in [0.1, 0.15) is 35.2 Å². The van der Waals surface area contributed by atoms with E-state index in [-0.39, 0.29) is 24.7 Å². The van der Waals surface area contributed by atoms with Gasteiger partial charge in [-0.05, 0) is 74.5 Å². The van der Waals surface area contributed by atoms with Crippen molar-refractivity contribution < 1.29 is 57.0 Å². The number of rotatable bonds is 35. The van der Waals surface area contributed by atoms with Crippen LogP contribution in [0.4, 0.5) is 0 Å². The number of methoxy groups -OCH3 is 2. The molecule has 22 nitrogen and oxygen atoms in total. The predicted molar refractivity (Wildman–Crippen MR) is 307 cm³/mol. The molecule has 2 amide bonds. The molecular formula is C58H70Cl2N10O12. The topological polar surface area (TPSA) is 237 Å². The molecule has 0 bridgehead atoms. The first kappa shape index (κ1) is 61.4. The summed E-state index contributed by atoms with van der Waals surface area (Å²) in [6.45, 7) is 10.8. The number of aryl methyl sites for hydroxylation is 2. The Morgan fingerprint density at radius 1 is 0.451 bits per heavy atom. The van der Waals surface area contributed by atoms with E-state index in [1.807, 2.05) is 108 Å². The van der Waals surface area contributed by atoms with E-state index in [1.165, 1.54) is 0 Å². The number of carbonyl (C=O) groups is 2. The maximum atomic E-state index is 13.2.